The molecular formula is C10H13ClN2O2S2. The Balaban J connectivity index is 3.02. The molecule has 3 N–H and O–H groups in total. The lowest BCUT2D eigenvalue weighted by molar-refractivity contribution is 0.598. The van der Waals surface area contributed by atoms with Gasteiger partial charge in [-0.15, -0.1) is 0 Å². The molecule has 1 aromatic rings. The van der Waals surface area contributed by atoms with Crippen molar-refractivity contribution in [3.8, 4) is 0 Å². The Morgan fingerprint density at radius 1 is 1.53 bits per heavy atom. The lowest BCUT2D eigenvalue weighted by atomic mass is 10.2. The Bertz CT molecular complexity index is 543. The van der Waals surface area contributed by atoms with Crippen molar-refractivity contribution in [1.29, 1.82) is 0 Å². The third kappa shape index (κ3) is 3.55. The molecule has 0 aliphatic heterocycles. The van der Waals surface area contributed by atoms with Crippen LogP contribution >= 0.6 is 23.8 Å². The van der Waals surface area contributed by atoms with Gasteiger partial charge in [-0.1, -0.05) is 29.9 Å². The van der Waals surface area contributed by atoms with Crippen LogP contribution in [0.5, 0.6) is 0 Å². The second-order valence-corrected chi connectivity index (χ2v) is 6.55. The topological polar surface area (TPSA) is 72.2 Å². The number of nitrogens with two attached hydrogens (primary N) is 1. The Morgan fingerprint density at radius 3 is 2.59 bits per heavy atom. The number of rotatable bonds is 4. The van der Waals surface area contributed by atoms with E-state index in [9.17, 15) is 8.42 Å². The fraction of sp³-hybridized carbons (Fsp3) is 0.300. The molecule has 1 unspecified atom stereocenters. The second kappa shape index (κ2) is 5.20. The van der Waals surface area contributed by atoms with Crippen LogP contribution in [-0.4, -0.2) is 18.7 Å². The van der Waals surface area contributed by atoms with Crippen molar-refractivity contribution in [2.45, 2.75) is 19.1 Å². The number of halogens is 1. The Hall–Kier alpha value is -0.850. The lowest BCUT2D eigenvalue weighted by Crippen LogP contribution is -2.35. The molecule has 1 aromatic carbocycles. The van der Waals surface area contributed by atoms with Crippen LogP contribution in [0.3, 0.4) is 0 Å². The minimum atomic E-state index is -3.65. The van der Waals surface area contributed by atoms with Crippen molar-refractivity contribution in [2.75, 3.05) is 4.72 Å². The summed E-state index contributed by atoms with van der Waals surface area (Å²) in [5.41, 5.74) is 6.58. The number of hydrogen-bond acceptors (Lipinski definition) is 3. The van der Waals surface area contributed by atoms with Gasteiger partial charge in [0.05, 0.1) is 15.7 Å². The predicted octanol–water partition coefficient (Wildman–Crippen LogP) is 2.06. The minimum Gasteiger partial charge on any atom is -0.392 e. The van der Waals surface area contributed by atoms with Gasteiger partial charge in [-0.05, 0) is 31.5 Å². The van der Waals surface area contributed by atoms with E-state index in [0.29, 0.717) is 10.7 Å². The molecule has 0 aliphatic carbocycles. The van der Waals surface area contributed by atoms with E-state index in [1.54, 1.807) is 18.2 Å². The zero-order chi connectivity index (χ0) is 13.2. The summed E-state index contributed by atoms with van der Waals surface area (Å²) in [6, 6.07) is 5.03. The van der Waals surface area contributed by atoms with E-state index in [2.05, 4.69) is 16.9 Å². The molecule has 94 valence electrons. The van der Waals surface area contributed by atoms with Crippen LogP contribution in [0.25, 0.3) is 0 Å². The Kier molecular flexibility index (Phi) is 4.35. The number of anilines is 1. The molecule has 0 amide bonds. The van der Waals surface area contributed by atoms with Gasteiger partial charge in [0, 0.05) is 0 Å². The Morgan fingerprint density at radius 2 is 2.12 bits per heavy atom. The highest BCUT2D eigenvalue weighted by atomic mass is 35.5. The van der Waals surface area contributed by atoms with Crippen molar-refractivity contribution in [2.24, 2.45) is 5.73 Å². The largest absolute Gasteiger partial charge is 0.392 e. The summed E-state index contributed by atoms with van der Waals surface area (Å²) in [6.45, 7) is 3.29. The highest BCUT2D eigenvalue weighted by molar-refractivity contribution is 7.95. The first-order valence-electron chi connectivity index (χ1n) is 4.81. The Labute approximate surface area is 111 Å². The molecule has 1 rings (SSSR count). The highest BCUT2D eigenvalue weighted by Crippen LogP contribution is 2.24. The fourth-order valence-corrected chi connectivity index (χ4v) is 2.78. The number of sulfonamides is 1. The number of aryl methyl sites for hydroxylation is 1. The van der Waals surface area contributed by atoms with Crippen LogP contribution in [-0.2, 0) is 10.0 Å². The van der Waals surface area contributed by atoms with Gasteiger partial charge < -0.3 is 5.73 Å². The maximum Gasteiger partial charge on any atom is 0.241 e. The average Bonchev–Trinajstić information content (AvgIpc) is 2.21. The summed E-state index contributed by atoms with van der Waals surface area (Å²) >= 11 is 10.6. The summed E-state index contributed by atoms with van der Waals surface area (Å²) < 4.78 is 26.1. The second-order valence-electron chi connectivity index (χ2n) is 3.67. The van der Waals surface area contributed by atoms with Crippen molar-refractivity contribution in [1.82, 2.24) is 0 Å². The molecule has 0 radical (unpaired) electrons. The zero-order valence-corrected chi connectivity index (χ0v) is 11.8. The first kappa shape index (κ1) is 14.2. The maximum atomic E-state index is 11.8. The number of nitrogens with one attached hydrogen (secondary N) is 1. The molecule has 0 spiro atoms. The molecule has 4 nitrogen and oxygen atoms in total. The first-order chi connectivity index (χ1) is 7.74. The van der Waals surface area contributed by atoms with Gasteiger partial charge in [-0.25, -0.2) is 8.42 Å². The zero-order valence-electron chi connectivity index (χ0n) is 9.40. The molecule has 0 saturated heterocycles. The van der Waals surface area contributed by atoms with Crippen molar-refractivity contribution < 1.29 is 8.42 Å². The van der Waals surface area contributed by atoms with Crippen LogP contribution in [0.4, 0.5) is 5.69 Å². The summed E-state index contributed by atoms with van der Waals surface area (Å²) in [5, 5.41) is -0.612. The molecule has 0 aromatic heterocycles. The summed E-state index contributed by atoms with van der Waals surface area (Å²) in [6.07, 6.45) is 0. The third-order valence-corrected chi connectivity index (χ3v) is 4.75. The molecular weight excluding hydrogens is 280 g/mol. The fourth-order valence-electron chi connectivity index (χ4n) is 1.10. The molecule has 7 heteroatoms. The van der Waals surface area contributed by atoms with Gasteiger partial charge in [0.25, 0.3) is 0 Å². The summed E-state index contributed by atoms with van der Waals surface area (Å²) in [7, 11) is -3.65. The molecule has 0 bridgehead atoms. The van der Waals surface area contributed by atoms with Gasteiger partial charge in [0.15, 0.2) is 0 Å². The number of benzene rings is 1. The SMILES string of the molecule is Cc1ccc(NS(=O)(=O)C(C)C(N)=S)c(Cl)c1. The first-order valence-corrected chi connectivity index (χ1v) is 7.14. The number of hydrogen-bond donors (Lipinski definition) is 2. The molecule has 17 heavy (non-hydrogen) atoms. The van der Waals surface area contributed by atoms with Crippen molar-refractivity contribution >= 4 is 44.5 Å². The van der Waals surface area contributed by atoms with Crippen LogP contribution in [0, 0.1) is 6.92 Å². The van der Waals surface area contributed by atoms with Gasteiger partial charge in [0.1, 0.15) is 5.25 Å². The standard InChI is InChI=1S/C10H13ClN2O2S2/c1-6-3-4-9(8(11)5-6)13-17(14,15)7(2)10(12)16/h3-5,7,13H,1-2H3,(H2,12,16). The van der Waals surface area contributed by atoms with Crippen molar-refractivity contribution in [3.63, 3.8) is 0 Å². The molecule has 0 aliphatic rings. The third-order valence-electron chi connectivity index (χ3n) is 2.24. The van der Waals surface area contributed by atoms with Gasteiger partial charge >= 0.3 is 0 Å². The summed E-state index contributed by atoms with van der Waals surface area (Å²) in [5.74, 6) is 0. The average molecular weight is 293 g/mol. The minimum absolute atomic E-state index is 0.0827. The van der Waals surface area contributed by atoms with Crippen LogP contribution in [0.15, 0.2) is 18.2 Å². The normalized spacial score (nSPS) is 13.1. The maximum absolute atomic E-state index is 11.8. The molecule has 0 heterocycles. The number of thiocarbonyl (C=S) groups is 1. The van der Waals surface area contributed by atoms with Gasteiger partial charge in [0.2, 0.25) is 10.0 Å². The van der Waals surface area contributed by atoms with Gasteiger partial charge in [-0.3, -0.25) is 4.72 Å². The highest BCUT2D eigenvalue weighted by Gasteiger charge is 2.23. The molecule has 1 atom stereocenters. The molecule has 0 saturated carbocycles. The van der Waals surface area contributed by atoms with Crippen LogP contribution in [0.1, 0.15) is 12.5 Å². The van der Waals surface area contributed by atoms with E-state index < -0.39 is 15.3 Å². The van der Waals surface area contributed by atoms with E-state index in [1.807, 2.05) is 6.92 Å². The van der Waals surface area contributed by atoms with Gasteiger partial charge in [-0.2, -0.15) is 0 Å². The smallest absolute Gasteiger partial charge is 0.241 e. The molecule has 0 fully saturated rings. The monoisotopic (exact) mass is 292 g/mol. The van der Waals surface area contributed by atoms with E-state index >= 15 is 0 Å². The van der Waals surface area contributed by atoms with Crippen LogP contribution in [0.2, 0.25) is 5.02 Å². The van der Waals surface area contributed by atoms with E-state index in [0.717, 1.165) is 5.56 Å². The lowest BCUT2D eigenvalue weighted by Gasteiger charge is -2.14. The van der Waals surface area contributed by atoms with E-state index in [4.69, 9.17) is 17.3 Å². The summed E-state index contributed by atoms with van der Waals surface area (Å²) in [4.78, 5) is -0.0827. The predicted molar refractivity (Wildman–Crippen MR) is 75.0 cm³/mol. The van der Waals surface area contributed by atoms with E-state index in [1.165, 1.54) is 6.92 Å². The van der Waals surface area contributed by atoms with Crippen LogP contribution < -0.4 is 10.5 Å². The van der Waals surface area contributed by atoms with E-state index in [-0.39, 0.29) is 4.99 Å². The quantitative estimate of drug-likeness (QED) is 0.833. The van der Waals surface area contributed by atoms with Crippen molar-refractivity contribution in [3.05, 3.63) is 28.8 Å².